The van der Waals surface area contributed by atoms with Gasteiger partial charge in [-0.2, -0.15) is 5.10 Å². The van der Waals surface area contributed by atoms with Crippen LogP contribution in [0.2, 0.25) is 0 Å². The van der Waals surface area contributed by atoms with Crippen LogP contribution in [-0.2, 0) is 18.4 Å². The smallest absolute Gasteiger partial charge is 0.225 e. The molecule has 146 valence electrons. The summed E-state index contributed by atoms with van der Waals surface area (Å²) in [5.74, 6) is 1.03. The monoisotopic (exact) mass is 377 g/mol. The second-order valence-electron chi connectivity index (χ2n) is 7.73. The number of aryl methyl sites for hydroxylation is 3. The Labute approximate surface area is 165 Å². The predicted octanol–water partition coefficient (Wildman–Crippen LogP) is 3.12. The zero-order chi connectivity index (χ0) is 19.7. The normalized spacial score (nSPS) is 17.1. The molecule has 0 spiro atoms. The molecule has 6 nitrogen and oxygen atoms in total. The summed E-state index contributed by atoms with van der Waals surface area (Å²) in [6, 6.07) is 10.3. The number of pyridine rings is 1. The molecule has 0 bridgehead atoms. The van der Waals surface area contributed by atoms with Crippen molar-refractivity contribution in [3.63, 3.8) is 0 Å². The van der Waals surface area contributed by atoms with Crippen molar-refractivity contribution in [2.24, 2.45) is 13.0 Å². The largest absolute Gasteiger partial charge is 0.354 e. The molecule has 4 rings (SSSR count). The van der Waals surface area contributed by atoms with Crippen molar-refractivity contribution in [3.05, 3.63) is 53.3 Å². The first-order valence-electron chi connectivity index (χ1n) is 9.89. The van der Waals surface area contributed by atoms with Crippen LogP contribution in [0.4, 0.5) is 5.82 Å². The standard InChI is InChI=1S/C22H27N5O/c1-15-6-8-17(9-7-15)13-24-22(28)18-5-4-12-27(14-18)21-20-19(10-11-23-21)16(2)25-26(20)3/h6-11,18H,4-5,12-14H2,1-3H3,(H,24,28). The molecule has 6 heteroatoms. The molecule has 1 atom stereocenters. The number of nitrogens with one attached hydrogen (secondary N) is 1. The van der Waals surface area contributed by atoms with Gasteiger partial charge in [-0.05, 0) is 38.3 Å². The van der Waals surface area contributed by atoms with E-state index in [2.05, 4.69) is 51.5 Å². The van der Waals surface area contributed by atoms with E-state index in [0.29, 0.717) is 13.1 Å². The van der Waals surface area contributed by atoms with Gasteiger partial charge >= 0.3 is 0 Å². The summed E-state index contributed by atoms with van der Waals surface area (Å²) >= 11 is 0. The third-order valence-corrected chi connectivity index (χ3v) is 5.60. The summed E-state index contributed by atoms with van der Waals surface area (Å²) in [5.41, 5.74) is 4.40. The number of nitrogens with zero attached hydrogens (tertiary/aromatic N) is 4. The van der Waals surface area contributed by atoms with Crippen LogP contribution in [0.5, 0.6) is 0 Å². The predicted molar refractivity (Wildman–Crippen MR) is 111 cm³/mol. The van der Waals surface area contributed by atoms with Gasteiger partial charge in [0.2, 0.25) is 5.91 Å². The lowest BCUT2D eigenvalue weighted by molar-refractivity contribution is -0.125. The summed E-state index contributed by atoms with van der Waals surface area (Å²) < 4.78 is 1.90. The van der Waals surface area contributed by atoms with E-state index < -0.39 is 0 Å². The Morgan fingerprint density at radius 1 is 1.21 bits per heavy atom. The molecule has 0 aliphatic carbocycles. The molecule has 1 amide bonds. The van der Waals surface area contributed by atoms with E-state index in [9.17, 15) is 4.79 Å². The fourth-order valence-electron chi connectivity index (χ4n) is 4.04. The second-order valence-corrected chi connectivity index (χ2v) is 7.73. The zero-order valence-corrected chi connectivity index (χ0v) is 16.8. The van der Waals surface area contributed by atoms with Crippen LogP contribution in [-0.4, -0.2) is 33.8 Å². The average Bonchev–Trinajstić information content (AvgIpc) is 3.01. The first-order chi connectivity index (χ1) is 13.5. The highest BCUT2D eigenvalue weighted by molar-refractivity contribution is 5.91. The van der Waals surface area contributed by atoms with Crippen molar-refractivity contribution < 1.29 is 4.79 Å². The van der Waals surface area contributed by atoms with Gasteiger partial charge in [-0.1, -0.05) is 29.8 Å². The van der Waals surface area contributed by atoms with E-state index in [-0.39, 0.29) is 11.8 Å². The quantitative estimate of drug-likeness (QED) is 0.759. The lowest BCUT2D eigenvalue weighted by Crippen LogP contribution is -2.43. The van der Waals surface area contributed by atoms with Gasteiger partial charge in [0.05, 0.1) is 11.6 Å². The zero-order valence-electron chi connectivity index (χ0n) is 16.8. The van der Waals surface area contributed by atoms with Gasteiger partial charge < -0.3 is 10.2 Å². The molecule has 1 saturated heterocycles. The topological polar surface area (TPSA) is 63.1 Å². The van der Waals surface area contributed by atoms with Gasteiger partial charge in [0.1, 0.15) is 5.52 Å². The number of amides is 1. The number of carbonyl (C=O) groups is 1. The summed E-state index contributed by atoms with van der Waals surface area (Å²) in [6.07, 6.45) is 3.74. The summed E-state index contributed by atoms with van der Waals surface area (Å²) in [6.45, 7) is 6.26. The number of carbonyl (C=O) groups excluding carboxylic acids is 1. The Kier molecular flexibility index (Phi) is 5.03. The van der Waals surface area contributed by atoms with E-state index in [1.165, 1.54) is 5.56 Å². The fourth-order valence-corrected chi connectivity index (χ4v) is 4.04. The van der Waals surface area contributed by atoms with Crippen molar-refractivity contribution >= 4 is 22.6 Å². The van der Waals surface area contributed by atoms with E-state index in [4.69, 9.17) is 0 Å². The maximum absolute atomic E-state index is 12.8. The van der Waals surface area contributed by atoms with Crippen LogP contribution in [0.15, 0.2) is 36.5 Å². The molecule has 1 aliphatic heterocycles. The highest BCUT2D eigenvalue weighted by Gasteiger charge is 2.28. The fraction of sp³-hybridized carbons (Fsp3) is 0.409. The molecule has 1 N–H and O–H groups in total. The van der Waals surface area contributed by atoms with E-state index >= 15 is 0 Å². The van der Waals surface area contributed by atoms with Gasteiger partial charge in [0.25, 0.3) is 0 Å². The molecule has 28 heavy (non-hydrogen) atoms. The highest BCUT2D eigenvalue weighted by atomic mass is 16.1. The maximum Gasteiger partial charge on any atom is 0.225 e. The lowest BCUT2D eigenvalue weighted by atomic mass is 9.96. The molecular formula is C22H27N5O. The van der Waals surface area contributed by atoms with Crippen LogP contribution >= 0.6 is 0 Å². The molecule has 3 aromatic rings. The van der Waals surface area contributed by atoms with Gasteiger partial charge in [-0.3, -0.25) is 9.48 Å². The summed E-state index contributed by atoms with van der Waals surface area (Å²) in [4.78, 5) is 19.6. The molecule has 1 aliphatic rings. The van der Waals surface area contributed by atoms with Crippen LogP contribution in [0.25, 0.3) is 10.9 Å². The van der Waals surface area contributed by atoms with Crippen LogP contribution in [0.3, 0.4) is 0 Å². The van der Waals surface area contributed by atoms with E-state index in [0.717, 1.165) is 47.4 Å². The van der Waals surface area contributed by atoms with Crippen molar-refractivity contribution in [1.82, 2.24) is 20.1 Å². The van der Waals surface area contributed by atoms with Gasteiger partial charge in [0.15, 0.2) is 5.82 Å². The number of aromatic nitrogens is 3. The number of rotatable bonds is 4. The van der Waals surface area contributed by atoms with Crippen LogP contribution in [0.1, 0.15) is 29.7 Å². The third-order valence-electron chi connectivity index (χ3n) is 5.60. The Morgan fingerprint density at radius 3 is 2.79 bits per heavy atom. The Balaban J connectivity index is 1.47. The molecule has 3 heterocycles. The Morgan fingerprint density at radius 2 is 2.00 bits per heavy atom. The van der Waals surface area contributed by atoms with Crippen molar-refractivity contribution in [2.45, 2.75) is 33.2 Å². The number of hydrogen-bond acceptors (Lipinski definition) is 4. The van der Waals surface area contributed by atoms with Gasteiger partial charge in [-0.25, -0.2) is 4.98 Å². The highest BCUT2D eigenvalue weighted by Crippen LogP contribution is 2.29. The SMILES string of the molecule is Cc1ccc(CNC(=O)C2CCCN(c3nccc4c(C)nn(C)c34)C2)cc1. The Bertz CT molecular complexity index is 992. The van der Waals surface area contributed by atoms with Crippen LogP contribution < -0.4 is 10.2 Å². The maximum atomic E-state index is 12.8. The number of anilines is 1. The molecule has 2 aromatic heterocycles. The Hall–Kier alpha value is -2.89. The first-order valence-corrected chi connectivity index (χ1v) is 9.89. The number of hydrogen-bond donors (Lipinski definition) is 1. The van der Waals surface area contributed by atoms with Crippen molar-refractivity contribution in [3.8, 4) is 0 Å². The molecule has 1 fully saturated rings. The minimum atomic E-state index is -0.0226. The van der Waals surface area contributed by atoms with Gasteiger partial charge in [-0.15, -0.1) is 0 Å². The van der Waals surface area contributed by atoms with E-state index in [1.54, 1.807) is 0 Å². The van der Waals surface area contributed by atoms with Crippen molar-refractivity contribution in [2.75, 3.05) is 18.0 Å². The molecule has 0 radical (unpaired) electrons. The second kappa shape index (κ2) is 7.62. The lowest BCUT2D eigenvalue weighted by Gasteiger charge is -2.33. The van der Waals surface area contributed by atoms with Crippen LogP contribution in [0, 0.1) is 19.8 Å². The van der Waals surface area contributed by atoms with E-state index in [1.807, 2.05) is 30.9 Å². The number of fused-ring (bicyclic) bond motifs is 1. The molecular weight excluding hydrogens is 350 g/mol. The minimum Gasteiger partial charge on any atom is -0.354 e. The summed E-state index contributed by atoms with van der Waals surface area (Å²) in [7, 11) is 1.95. The third kappa shape index (κ3) is 3.59. The number of benzene rings is 1. The first kappa shape index (κ1) is 18.5. The molecule has 0 saturated carbocycles. The number of piperidine rings is 1. The van der Waals surface area contributed by atoms with Crippen molar-refractivity contribution in [1.29, 1.82) is 0 Å². The minimum absolute atomic E-state index is 0.0226. The molecule has 1 aromatic carbocycles. The average molecular weight is 377 g/mol. The molecule has 1 unspecified atom stereocenters. The van der Waals surface area contributed by atoms with Gasteiger partial charge in [0, 0.05) is 38.3 Å². The summed E-state index contributed by atoms with van der Waals surface area (Å²) in [5, 5.41) is 8.77.